The van der Waals surface area contributed by atoms with Gasteiger partial charge in [-0.05, 0) is 48.7 Å². The number of amides is 2. The van der Waals surface area contributed by atoms with E-state index in [1.807, 2.05) is 19.1 Å². The summed E-state index contributed by atoms with van der Waals surface area (Å²) in [4.78, 5) is 14.4. The molecule has 0 saturated heterocycles. The Morgan fingerprint density at radius 3 is 2.88 bits per heavy atom. The molecule has 2 aromatic rings. The molecule has 132 valence electrons. The van der Waals surface area contributed by atoms with Crippen molar-refractivity contribution in [3.63, 3.8) is 0 Å². The predicted octanol–water partition coefficient (Wildman–Crippen LogP) is 4.34. The average molecular weight is 361 g/mol. The molecule has 6 heteroatoms. The third kappa shape index (κ3) is 3.82. The third-order valence-corrected chi connectivity index (χ3v) is 4.50. The lowest BCUT2D eigenvalue weighted by Crippen LogP contribution is -2.38. The van der Waals surface area contributed by atoms with Crippen LogP contribution in [0, 0.1) is 0 Å². The first kappa shape index (κ1) is 17.4. The Bertz CT molecular complexity index is 779. The summed E-state index contributed by atoms with van der Waals surface area (Å²) in [5.74, 6) is 1.30. The Kier molecular flexibility index (Phi) is 5.34. The quantitative estimate of drug-likeness (QED) is 0.882. The van der Waals surface area contributed by atoms with Gasteiger partial charge in [0.1, 0.15) is 5.75 Å². The van der Waals surface area contributed by atoms with Gasteiger partial charge in [0, 0.05) is 13.1 Å². The molecule has 5 nitrogen and oxygen atoms in total. The molecule has 0 bridgehead atoms. The molecule has 0 unspecified atom stereocenters. The number of methoxy groups -OCH3 is 1. The van der Waals surface area contributed by atoms with E-state index in [0.29, 0.717) is 36.2 Å². The van der Waals surface area contributed by atoms with E-state index in [-0.39, 0.29) is 6.03 Å². The summed E-state index contributed by atoms with van der Waals surface area (Å²) >= 11 is 6.11. The fourth-order valence-electron chi connectivity index (χ4n) is 2.97. The van der Waals surface area contributed by atoms with E-state index in [0.717, 1.165) is 17.7 Å². The number of carbonyl (C=O) groups excluding carboxylic acids is 1. The monoisotopic (exact) mass is 360 g/mol. The van der Waals surface area contributed by atoms with Crippen LogP contribution in [0.5, 0.6) is 11.5 Å². The normalized spacial score (nSPS) is 13.2. The number of hydrogen-bond acceptors (Lipinski definition) is 3. The number of halogens is 1. The highest BCUT2D eigenvalue weighted by Crippen LogP contribution is 2.33. The molecule has 3 rings (SSSR count). The van der Waals surface area contributed by atoms with Crippen LogP contribution >= 0.6 is 11.6 Å². The van der Waals surface area contributed by atoms with Crippen molar-refractivity contribution in [2.45, 2.75) is 19.9 Å². The number of carbonyl (C=O) groups is 1. The summed E-state index contributed by atoms with van der Waals surface area (Å²) in [6, 6.07) is 11.2. The summed E-state index contributed by atoms with van der Waals surface area (Å²) in [5, 5.41) is 3.35. The predicted molar refractivity (Wildman–Crippen MR) is 98.7 cm³/mol. The zero-order valence-corrected chi connectivity index (χ0v) is 15.1. The number of anilines is 1. The first-order valence-electron chi connectivity index (χ1n) is 8.25. The SMILES string of the molecule is CCOc1ccc2c(c1)CN(C(=O)Nc1cccc(Cl)c1OC)CC2. The van der Waals surface area contributed by atoms with Crippen molar-refractivity contribution in [2.24, 2.45) is 0 Å². The molecule has 1 N–H and O–H groups in total. The Hall–Kier alpha value is -2.40. The standard InChI is InChI=1S/C19H21ClN2O3/c1-3-25-15-8-7-13-9-10-22(12-14(13)11-15)19(23)21-17-6-4-5-16(20)18(17)24-2/h4-8,11H,3,9-10,12H2,1-2H3,(H,21,23). The Balaban J connectivity index is 1.74. The molecule has 0 aliphatic carbocycles. The molecule has 1 aliphatic rings. The molecule has 2 aromatic carbocycles. The highest BCUT2D eigenvalue weighted by Gasteiger charge is 2.22. The summed E-state index contributed by atoms with van der Waals surface area (Å²) in [6.45, 7) is 3.79. The van der Waals surface area contributed by atoms with Crippen LogP contribution in [0.1, 0.15) is 18.1 Å². The van der Waals surface area contributed by atoms with Gasteiger partial charge in [-0.25, -0.2) is 4.79 Å². The number of benzene rings is 2. The first-order chi connectivity index (χ1) is 12.1. The lowest BCUT2D eigenvalue weighted by Gasteiger charge is -2.29. The van der Waals surface area contributed by atoms with E-state index in [9.17, 15) is 4.79 Å². The maximum atomic E-state index is 12.7. The minimum Gasteiger partial charge on any atom is -0.494 e. The maximum absolute atomic E-state index is 12.7. The molecular weight excluding hydrogens is 340 g/mol. The van der Waals surface area contributed by atoms with E-state index < -0.39 is 0 Å². The molecule has 0 spiro atoms. The van der Waals surface area contributed by atoms with Gasteiger partial charge in [-0.15, -0.1) is 0 Å². The fourth-order valence-corrected chi connectivity index (χ4v) is 3.22. The molecule has 0 atom stereocenters. The van der Waals surface area contributed by atoms with Crippen molar-refractivity contribution in [2.75, 3.05) is 25.6 Å². The molecule has 0 saturated carbocycles. The number of nitrogens with one attached hydrogen (secondary N) is 1. The molecule has 25 heavy (non-hydrogen) atoms. The molecule has 1 heterocycles. The van der Waals surface area contributed by atoms with Gasteiger partial charge in [0.05, 0.1) is 24.4 Å². The minimum absolute atomic E-state index is 0.173. The highest BCUT2D eigenvalue weighted by atomic mass is 35.5. The van der Waals surface area contributed by atoms with E-state index in [4.69, 9.17) is 21.1 Å². The smallest absolute Gasteiger partial charge is 0.322 e. The number of nitrogens with zero attached hydrogens (tertiary/aromatic N) is 1. The van der Waals surface area contributed by atoms with Gasteiger partial charge in [-0.3, -0.25) is 0 Å². The fraction of sp³-hybridized carbons (Fsp3) is 0.316. The largest absolute Gasteiger partial charge is 0.494 e. The first-order valence-corrected chi connectivity index (χ1v) is 8.63. The van der Waals surface area contributed by atoms with Crippen LogP contribution < -0.4 is 14.8 Å². The van der Waals surface area contributed by atoms with Gasteiger partial charge in [0.25, 0.3) is 0 Å². The van der Waals surface area contributed by atoms with Crippen molar-refractivity contribution in [3.05, 3.63) is 52.5 Å². The number of rotatable bonds is 4. The van der Waals surface area contributed by atoms with Crippen molar-refractivity contribution in [1.82, 2.24) is 4.90 Å². The topological polar surface area (TPSA) is 50.8 Å². The van der Waals surface area contributed by atoms with Gasteiger partial charge in [-0.2, -0.15) is 0 Å². The van der Waals surface area contributed by atoms with E-state index in [2.05, 4.69) is 11.4 Å². The van der Waals surface area contributed by atoms with Crippen molar-refractivity contribution >= 4 is 23.3 Å². The summed E-state index contributed by atoms with van der Waals surface area (Å²) in [5.41, 5.74) is 2.94. The van der Waals surface area contributed by atoms with Crippen molar-refractivity contribution in [3.8, 4) is 11.5 Å². The van der Waals surface area contributed by atoms with Gasteiger partial charge >= 0.3 is 6.03 Å². The Labute approximate surface area is 152 Å². The van der Waals surface area contributed by atoms with Crippen LogP contribution in [0.2, 0.25) is 5.02 Å². The van der Waals surface area contributed by atoms with E-state index in [1.165, 1.54) is 12.7 Å². The zero-order chi connectivity index (χ0) is 17.8. The van der Waals surface area contributed by atoms with Crippen LogP contribution in [-0.4, -0.2) is 31.2 Å². The highest BCUT2D eigenvalue weighted by molar-refractivity contribution is 6.32. The van der Waals surface area contributed by atoms with Crippen LogP contribution in [0.3, 0.4) is 0 Å². The van der Waals surface area contributed by atoms with Gasteiger partial charge < -0.3 is 19.7 Å². The number of ether oxygens (including phenoxy) is 2. The number of para-hydroxylation sites is 1. The minimum atomic E-state index is -0.173. The van der Waals surface area contributed by atoms with Crippen molar-refractivity contribution in [1.29, 1.82) is 0 Å². The van der Waals surface area contributed by atoms with Crippen LogP contribution in [-0.2, 0) is 13.0 Å². The van der Waals surface area contributed by atoms with Crippen LogP contribution in [0.15, 0.2) is 36.4 Å². The second-order valence-electron chi connectivity index (χ2n) is 5.79. The second-order valence-corrected chi connectivity index (χ2v) is 6.19. The van der Waals surface area contributed by atoms with Crippen LogP contribution in [0.25, 0.3) is 0 Å². The average Bonchev–Trinajstić information content (AvgIpc) is 2.61. The zero-order valence-electron chi connectivity index (χ0n) is 14.3. The van der Waals surface area contributed by atoms with Gasteiger partial charge in [0.2, 0.25) is 0 Å². The molecule has 2 amide bonds. The Morgan fingerprint density at radius 2 is 2.12 bits per heavy atom. The Morgan fingerprint density at radius 1 is 1.28 bits per heavy atom. The maximum Gasteiger partial charge on any atom is 0.322 e. The third-order valence-electron chi connectivity index (χ3n) is 4.20. The summed E-state index contributed by atoms with van der Waals surface area (Å²) < 4.78 is 10.8. The van der Waals surface area contributed by atoms with Crippen LogP contribution in [0.4, 0.5) is 10.5 Å². The number of urea groups is 1. The van der Waals surface area contributed by atoms with Crippen molar-refractivity contribution < 1.29 is 14.3 Å². The van der Waals surface area contributed by atoms with E-state index in [1.54, 1.807) is 23.1 Å². The molecular formula is C19H21ClN2O3. The molecule has 0 radical (unpaired) electrons. The number of fused-ring (bicyclic) bond motifs is 1. The second kappa shape index (κ2) is 7.66. The molecule has 0 aromatic heterocycles. The van der Waals surface area contributed by atoms with Gasteiger partial charge in [-0.1, -0.05) is 23.7 Å². The molecule has 1 aliphatic heterocycles. The molecule has 0 fully saturated rings. The lowest BCUT2D eigenvalue weighted by atomic mass is 10.00. The lowest BCUT2D eigenvalue weighted by molar-refractivity contribution is 0.206. The summed E-state index contributed by atoms with van der Waals surface area (Å²) in [7, 11) is 1.53. The van der Waals surface area contributed by atoms with Gasteiger partial charge in [0.15, 0.2) is 5.75 Å². The van der Waals surface area contributed by atoms with E-state index >= 15 is 0 Å². The summed E-state index contributed by atoms with van der Waals surface area (Å²) in [6.07, 6.45) is 0.821. The number of hydrogen-bond donors (Lipinski definition) is 1.